The molecule has 0 aliphatic rings. The number of hydrogen-bond donors (Lipinski definition) is 1. The van der Waals surface area contributed by atoms with E-state index in [9.17, 15) is 0 Å². The second-order valence-electron chi connectivity index (χ2n) is 5.28. The Bertz CT molecular complexity index is 473. The lowest BCUT2D eigenvalue weighted by Gasteiger charge is -2.31. The number of rotatable bonds is 7. The molecule has 1 rings (SSSR count). The van der Waals surface area contributed by atoms with Crippen LogP contribution in [0.1, 0.15) is 56.9 Å². The molecule has 0 saturated carbocycles. The highest BCUT2D eigenvalue weighted by atomic mass is 32.1. The van der Waals surface area contributed by atoms with E-state index in [1.165, 1.54) is 0 Å². The molecule has 0 aliphatic heterocycles. The van der Waals surface area contributed by atoms with Crippen molar-refractivity contribution in [2.24, 2.45) is 5.73 Å². The van der Waals surface area contributed by atoms with Gasteiger partial charge in [-0.1, -0.05) is 32.5 Å². The summed E-state index contributed by atoms with van der Waals surface area (Å²) in [6, 6.07) is 0.394. The van der Waals surface area contributed by atoms with Crippen LogP contribution in [0.5, 0.6) is 0 Å². The van der Waals surface area contributed by atoms with Gasteiger partial charge in [-0.15, -0.1) is 5.10 Å². The van der Waals surface area contributed by atoms with Crippen molar-refractivity contribution in [1.29, 1.82) is 0 Å². The minimum Gasteiger partial charge on any atom is -0.389 e. The highest BCUT2D eigenvalue weighted by molar-refractivity contribution is 7.80. The minimum atomic E-state index is 0.394. The summed E-state index contributed by atoms with van der Waals surface area (Å²) in [5.41, 5.74) is 8.73. The molecular weight excluding hydrogens is 268 g/mol. The van der Waals surface area contributed by atoms with Crippen LogP contribution in [-0.4, -0.2) is 27.8 Å². The molecule has 1 aromatic rings. The third-order valence-corrected chi connectivity index (χ3v) is 4.03. The van der Waals surface area contributed by atoms with Crippen molar-refractivity contribution in [2.75, 3.05) is 11.4 Å². The molecule has 1 aromatic heterocycles. The normalized spacial score (nSPS) is 12.2. The Morgan fingerprint density at radius 3 is 2.45 bits per heavy atom. The molecule has 1 heterocycles. The van der Waals surface area contributed by atoms with Crippen molar-refractivity contribution in [2.45, 2.75) is 59.9 Å². The second-order valence-corrected chi connectivity index (χ2v) is 5.72. The van der Waals surface area contributed by atoms with Crippen LogP contribution < -0.4 is 10.6 Å². The number of aromatic nitrogens is 2. The lowest BCUT2D eigenvalue weighted by atomic mass is 10.1. The van der Waals surface area contributed by atoms with E-state index in [2.05, 4.69) is 35.9 Å². The number of aryl methyl sites for hydroxylation is 1. The Hall–Kier alpha value is -1.23. The Morgan fingerprint density at radius 1 is 1.30 bits per heavy atom. The van der Waals surface area contributed by atoms with Gasteiger partial charge in [0.15, 0.2) is 5.82 Å². The summed E-state index contributed by atoms with van der Waals surface area (Å²) in [5, 5.41) is 8.65. The molecule has 1 atom stereocenters. The van der Waals surface area contributed by atoms with E-state index in [1.807, 2.05) is 13.8 Å². The van der Waals surface area contributed by atoms with Crippen molar-refractivity contribution in [3.05, 3.63) is 16.8 Å². The molecule has 112 valence electrons. The van der Waals surface area contributed by atoms with Gasteiger partial charge in [0.2, 0.25) is 0 Å². The lowest BCUT2D eigenvalue weighted by Crippen LogP contribution is -2.36. The van der Waals surface area contributed by atoms with Crippen molar-refractivity contribution in [3.8, 4) is 0 Å². The fourth-order valence-corrected chi connectivity index (χ4v) is 2.42. The lowest BCUT2D eigenvalue weighted by molar-refractivity contribution is 0.585. The van der Waals surface area contributed by atoms with Crippen LogP contribution in [0.4, 0.5) is 5.82 Å². The van der Waals surface area contributed by atoms with Crippen molar-refractivity contribution >= 4 is 23.0 Å². The summed E-state index contributed by atoms with van der Waals surface area (Å²) in [4.78, 5) is 2.69. The fourth-order valence-electron chi connectivity index (χ4n) is 2.18. The smallest absolute Gasteiger partial charge is 0.162 e. The van der Waals surface area contributed by atoms with Crippen LogP contribution in [0, 0.1) is 13.8 Å². The van der Waals surface area contributed by atoms with E-state index in [4.69, 9.17) is 18.0 Å². The zero-order valence-corrected chi connectivity index (χ0v) is 14.0. The van der Waals surface area contributed by atoms with Crippen molar-refractivity contribution in [1.82, 2.24) is 10.2 Å². The predicted molar refractivity (Wildman–Crippen MR) is 89.4 cm³/mol. The average molecular weight is 294 g/mol. The molecule has 0 aliphatic carbocycles. The van der Waals surface area contributed by atoms with E-state index in [0.29, 0.717) is 11.0 Å². The molecule has 0 fully saturated rings. The largest absolute Gasteiger partial charge is 0.389 e. The SMILES string of the molecule is CCCCN(c1nnc(C)c(C)c1C(N)=S)C(C)CC. The van der Waals surface area contributed by atoms with Gasteiger partial charge < -0.3 is 10.6 Å². The first kappa shape index (κ1) is 16.8. The molecule has 0 radical (unpaired) electrons. The molecule has 20 heavy (non-hydrogen) atoms. The molecule has 0 spiro atoms. The summed E-state index contributed by atoms with van der Waals surface area (Å²) in [6.07, 6.45) is 3.32. The van der Waals surface area contributed by atoms with Crippen molar-refractivity contribution < 1.29 is 0 Å². The summed E-state index contributed by atoms with van der Waals surface area (Å²) in [7, 11) is 0. The van der Waals surface area contributed by atoms with Gasteiger partial charge in [-0.2, -0.15) is 5.10 Å². The van der Waals surface area contributed by atoms with E-state index in [1.54, 1.807) is 0 Å². The zero-order chi connectivity index (χ0) is 15.3. The summed E-state index contributed by atoms with van der Waals surface area (Å²) >= 11 is 5.23. The maximum atomic E-state index is 5.93. The van der Waals surface area contributed by atoms with Gasteiger partial charge in [0, 0.05) is 12.6 Å². The molecule has 4 nitrogen and oxygen atoms in total. The van der Waals surface area contributed by atoms with Crippen LogP contribution in [0.15, 0.2) is 0 Å². The van der Waals surface area contributed by atoms with Crippen LogP contribution in [0.2, 0.25) is 0 Å². The quantitative estimate of drug-likeness (QED) is 0.783. The van der Waals surface area contributed by atoms with Gasteiger partial charge in [0.05, 0.1) is 11.3 Å². The van der Waals surface area contributed by atoms with Gasteiger partial charge in [0.1, 0.15) is 4.99 Å². The first-order valence-electron chi connectivity index (χ1n) is 7.34. The predicted octanol–water partition coefficient (Wildman–Crippen LogP) is 3.13. The number of hydrogen-bond acceptors (Lipinski definition) is 4. The zero-order valence-electron chi connectivity index (χ0n) is 13.2. The third kappa shape index (κ3) is 3.66. The highest BCUT2D eigenvalue weighted by Gasteiger charge is 2.21. The van der Waals surface area contributed by atoms with E-state index in [0.717, 1.165) is 48.4 Å². The highest BCUT2D eigenvalue weighted by Crippen LogP contribution is 2.25. The number of anilines is 1. The Labute approximate surface area is 127 Å². The average Bonchev–Trinajstić information content (AvgIpc) is 2.42. The first-order chi connectivity index (χ1) is 9.43. The topological polar surface area (TPSA) is 55.0 Å². The van der Waals surface area contributed by atoms with Crippen LogP contribution >= 0.6 is 12.2 Å². The van der Waals surface area contributed by atoms with Gasteiger partial charge in [-0.25, -0.2) is 0 Å². The number of nitrogens with zero attached hydrogens (tertiary/aromatic N) is 3. The summed E-state index contributed by atoms with van der Waals surface area (Å²) < 4.78 is 0. The van der Waals surface area contributed by atoms with Crippen LogP contribution in [-0.2, 0) is 0 Å². The van der Waals surface area contributed by atoms with Gasteiger partial charge in [-0.3, -0.25) is 0 Å². The molecule has 2 N–H and O–H groups in total. The van der Waals surface area contributed by atoms with Crippen LogP contribution in [0.3, 0.4) is 0 Å². The molecule has 0 aromatic carbocycles. The molecular formula is C15H26N4S. The second kappa shape index (κ2) is 7.53. The van der Waals surface area contributed by atoms with E-state index in [-0.39, 0.29) is 0 Å². The molecule has 1 unspecified atom stereocenters. The number of thiocarbonyl (C=S) groups is 1. The van der Waals surface area contributed by atoms with Gasteiger partial charge >= 0.3 is 0 Å². The Morgan fingerprint density at radius 2 is 1.95 bits per heavy atom. The molecule has 0 bridgehead atoms. The number of unbranched alkanes of at least 4 members (excludes halogenated alkanes) is 1. The van der Waals surface area contributed by atoms with Gasteiger partial charge in [0.25, 0.3) is 0 Å². The summed E-state index contributed by atoms with van der Waals surface area (Å²) in [6.45, 7) is 11.5. The summed E-state index contributed by atoms with van der Waals surface area (Å²) in [5.74, 6) is 0.836. The molecule has 5 heteroatoms. The van der Waals surface area contributed by atoms with Gasteiger partial charge in [-0.05, 0) is 39.2 Å². The Kier molecular flexibility index (Phi) is 6.33. The standard InChI is InChI=1S/C15H26N4S/c1-6-8-9-19(10(3)7-2)15-13(14(16)20)11(4)12(5)17-18-15/h10H,6-9H2,1-5H3,(H2,16,20). The monoisotopic (exact) mass is 294 g/mol. The Balaban J connectivity index is 3.31. The minimum absolute atomic E-state index is 0.394. The number of nitrogens with two attached hydrogens (primary N) is 1. The maximum absolute atomic E-state index is 5.93. The van der Waals surface area contributed by atoms with E-state index < -0.39 is 0 Å². The maximum Gasteiger partial charge on any atom is 0.162 e. The molecule has 0 amide bonds. The third-order valence-electron chi connectivity index (χ3n) is 3.83. The fraction of sp³-hybridized carbons (Fsp3) is 0.667. The molecule has 0 saturated heterocycles. The van der Waals surface area contributed by atoms with E-state index >= 15 is 0 Å². The first-order valence-corrected chi connectivity index (χ1v) is 7.75. The van der Waals surface area contributed by atoms with Crippen molar-refractivity contribution in [3.63, 3.8) is 0 Å². The van der Waals surface area contributed by atoms with Crippen LogP contribution in [0.25, 0.3) is 0 Å².